The molecule has 0 N–H and O–H groups in total. The van der Waals surface area contributed by atoms with Gasteiger partial charge < -0.3 is 9.47 Å². The van der Waals surface area contributed by atoms with Gasteiger partial charge in [0.05, 0.1) is 23.7 Å². The molecule has 1 fully saturated rings. The standard InChI is InChI=1S/C26H29NO4S/c1-26(2,3)21-11-9-20(10-12-21)19-32(28,29)27(22-7-5-4-6-8-22)23-13-15-24(16-14-23)30-17-25-18-31-25/h4-16,25H,17-19H2,1-3H3. The summed E-state index contributed by atoms with van der Waals surface area (Å²) < 4.78 is 39.4. The lowest BCUT2D eigenvalue weighted by molar-refractivity contribution is 0.263. The third kappa shape index (κ3) is 5.50. The van der Waals surface area contributed by atoms with E-state index in [4.69, 9.17) is 9.47 Å². The van der Waals surface area contributed by atoms with Crippen molar-refractivity contribution in [2.75, 3.05) is 17.5 Å². The van der Waals surface area contributed by atoms with Crippen LogP contribution in [-0.4, -0.2) is 27.7 Å². The first-order chi connectivity index (χ1) is 15.2. The Morgan fingerprint density at radius 2 is 1.50 bits per heavy atom. The smallest absolute Gasteiger partial charge is 0.243 e. The highest BCUT2D eigenvalue weighted by Gasteiger charge is 2.26. The Kier molecular flexibility index (Phi) is 6.26. The number of anilines is 2. The number of hydrogen-bond donors (Lipinski definition) is 0. The zero-order valence-corrected chi connectivity index (χ0v) is 19.5. The van der Waals surface area contributed by atoms with E-state index in [2.05, 4.69) is 20.8 Å². The molecule has 5 nitrogen and oxygen atoms in total. The zero-order chi connectivity index (χ0) is 22.8. The molecule has 0 saturated carbocycles. The van der Waals surface area contributed by atoms with Gasteiger partial charge in [-0.2, -0.15) is 0 Å². The van der Waals surface area contributed by atoms with Crippen LogP contribution in [0.15, 0.2) is 78.9 Å². The third-order valence-corrected chi connectivity index (χ3v) is 7.02. The molecule has 0 aromatic heterocycles. The zero-order valence-electron chi connectivity index (χ0n) is 18.7. The summed E-state index contributed by atoms with van der Waals surface area (Å²) in [5.74, 6) is 0.594. The molecule has 168 valence electrons. The van der Waals surface area contributed by atoms with Crippen molar-refractivity contribution in [3.8, 4) is 5.75 Å². The largest absolute Gasteiger partial charge is 0.491 e. The van der Waals surface area contributed by atoms with Crippen molar-refractivity contribution in [2.24, 2.45) is 0 Å². The molecular formula is C26H29NO4S. The SMILES string of the molecule is CC(C)(C)c1ccc(CS(=O)(=O)N(c2ccccc2)c2ccc(OCC3CO3)cc2)cc1. The van der Waals surface area contributed by atoms with Crippen LogP contribution in [0.1, 0.15) is 31.9 Å². The minimum absolute atomic E-state index is 0.0168. The molecule has 1 saturated heterocycles. The summed E-state index contributed by atoms with van der Waals surface area (Å²) in [6, 6.07) is 24.1. The van der Waals surface area contributed by atoms with Crippen molar-refractivity contribution >= 4 is 21.4 Å². The van der Waals surface area contributed by atoms with Gasteiger partial charge >= 0.3 is 0 Å². The highest BCUT2D eigenvalue weighted by atomic mass is 32.2. The topological polar surface area (TPSA) is 59.1 Å². The number of benzene rings is 3. The first kappa shape index (κ1) is 22.4. The van der Waals surface area contributed by atoms with Gasteiger partial charge in [-0.15, -0.1) is 0 Å². The molecule has 3 aromatic rings. The molecule has 0 radical (unpaired) electrons. The maximum Gasteiger partial charge on any atom is 0.243 e. The number of ether oxygens (including phenoxy) is 2. The van der Waals surface area contributed by atoms with Gasteiger partial charge in [-0.25, -0.2) is 12.7 Å². The van der Waals surface area contributed by atoms with E-state index in [0.29, 0.717) is 23.7 Å². The number of sulfonamides is 1. The minimum Gasteiger partial charge on any atom is -0.491 e. The average molecular weight is 452 g/mol. The van der Waals surface area contributed by atoms with Crippen molar-refractivity contribution in [3.63, 3.8) is 0 Å². The maximum absolute atomic E-state index is 13.6. The van der Waals surface area contributed by atoms with Gasteiger partial charge in [0, 0.05) is 0 Å². The fourth-order valence-corrected chi connectivity index (χ4v) is 5.07. The Balaban J connectivity index is 1.60. The highest BCUT2D eigenvalue weighted by Crippen LogP contribution is 2.32. The Morgan fingerprint density at radius 3 is 2.06 bits per heavy atom. The van der Waals surface area contributed by atoms with Crippen molar-refractivity contribution in [1.29, 1.82) is 0 Å². The normalized spacial score (nSPS) is 15.9. The number of hydrogen-bond acceptors (Lipinski definition) is 4. The molecule has 0 bridgehead atoms. The summed E-state index contributed by atoms with van der Waals surface area (Å²) in [5, 5.41) is 0. The fourth-order valence-electron chi connectivity index (χ4n) is 3.44. The fraction of sp³-hybridized carbons (Fsp3) is 0.308. The lowest BCUT2D eigenvalue weighted by Gasteiger charge is -2.25. The molecule has 4 rings (SSSR count). The van der Waals surface area contributed by atoms with E-state index in [-0.39, 0.29) is 17.3 Å². The minimum atomic E-state index is -3.69. The summed E-state index contributed by atoms with van der Waals surface area (Å²) in [6.07, 6.45) is 0.167. The summed E-state index contributed by atoms with van der Waals surface area (Å²) >= 11 is 0. The van der Waals surface area contributed by atoms with E-state index < -0.39 is 10.0 Å². The lowest BCUT2D eigenvalue weighted by Crippen LogP contribution is -2.27. The molecule has 1 atom stereocenters. The summed E-state index contributed by atoms with van der Waals surface area (Å²) in [6.45, 7) is 7.66. The summed E-state index contributed by atoms with van der Waals surface area (Å²) in [5.41, 5.74) is 3.11. The average Bonchev–Trinajstić information content (AvgIpc) is 3.58. The second kappa shape index (κ2) is 8.96. The van der Waals surface area contributed by atoms with E-state index >= 15 is 0 Å². The number of nitrogens with zero attached hydrogens (tertiary/aromatic N) is 1. The number of epoxide rings is 1. The molecule has 1 heterocycles. The van der Waals surface area contributed by atoms with Gasteiger partial charge in [-0.3, -0.25) is 0 Å². The van der Waals surface area contributed by atoms with Gasteiger partial charge in [0.25, 0.3) is 0 Å². The van der Waals surface area contributed by atoms with Crippen LogP contribution in [0.4, 0.5) is 11.4 Å². The van der Waals surface area contributed by atoms with Gasteiger partial charge in [0.2, 0.25) is 10.0 Å². The predicted molar refractivity (Wildman–Crippen MR) is 128 cm³/mol. The van der Waals surface area contributed by atoms with E-state index in [1.807, 2.05) is 42.5 Å². The van der Waals surface area contributed by atoms with Crippen LogP contribution in [0.5, 0.6) is 5.75 Å². The van der Waals surface area contributed by atoms with Crippen LogP contribution >= 0.6 is 0 Å². The van der Waals surface area contributed by atoms with Crippen LogP contribution in [0.3, 0.4) is 0 Å². The van der Waals surface area contributed by atoms with E-state index in [1.54, 1.807) is 36.4 Å². The molecule has 0 amide bonds. The first-order valence-electron chi connectivity index (χ1n) is 10.7. The monoisotopic (exact) mass is 451 g/mol. The van der Waals surface area contributed by atoms with E-state index in [0.717, 1.165) is 12.2 Å². The van der Waals surface area contributed by atoms with Crippen LogP contribution in [0.25, 0.3) is 0 Å². The maximum atomic E-state index is 13.6. The third-order valence-electron chi connectivity index (χ3n) is 5.35. The molecule has 1 unspecified atom stereocenters. The molecule has 0 aliphatic carbocycles. The Bertz CT molecular complexity index is 1130. The van der Waals surface area contributed by atoms with Crippen molar-refractivity contribution in [1.82, 2.24) is 0 Å². The molecule has 3 aromatic carbocycles. The summed E-state index contributed by atoms with van der Waals surface area (Å²) in [7, 11) is -3.69. The Morgan fingerprint density at radius 1 is 0.906 bits per heavy atom. The van der Waals surface area contributed by atoms with Crippen LogP contribution in [0, 0.1) is 0 Å². The molecular weight excluding hydrogens is 422 g/mol. The molecule has 1 aliphatic rings. The van der Waals surface area contributed by atoms with Gasteiger partial charge in [-0.1, -0.05) is 63.2 Å². The Hall–Kier alpha value is -2.83. The van der Waals surface area contributed by atoms with Crippen molar-refractivity contribution in [2.45, 2.75) is 38.0 Å². The van der Waals surface area contributed by atoms with Gasteiger partial charge in [-0.05, 0) is 52.9 Å². The van der Waals surface area contributed by atoms with Gasteiger partial charge in [0.1, 0.15) is 18.5 Å². The van der Waals surface area contributed by atoms with E-state index in [1.165, 1.54) is 9.87 Å². The molecule has 0 spiro atoms. The number of para-hydroxylation sites is 1. The summed E-state index contributed by atoms with van der Waals surface area (Å²) in [4.78, 5) is 0. The van der Waals surface area contributed by atoms with Crippen LogP contribution < -0.4 is 9.04 Å². The first-order valence-corrected chi connectivity index (χ1v) is 12.4. The van der Waals surface area contributed by atoms with Crippen molar-refractivity contribution < 1.29 is 17.9 Å². The Labute approximate surface area is 190 Å². The molecule has 6 heteroatoms. The predicted octanol–water partition coefficient (Wildman–Crippen LogP) is 5.43. The second-order valence-electron chi connectivity index (χ2n) is 9.06. The quantitative estimate of drug-likeness (QED) is 0.429. The molecule has 1 aliphatic heterocycles. The van der Waals surface area contributed by atoms with Gasteiger partial charge in [0.15, 0.2) is 0 Å². The lowest BCUT2D eigenvalue weighted by atomic mass is 9.87. The molecule has 32 heavy (non-hydrogen) atoms. The van der Waals surface area contributed by atoms with Crippen molar-refractivity contribution in [3.05, 3.63) is 90.0 Å². The highest BCUT2D eigenvalue weighted by molar-refractivity contribution is 7.92. The van der Waals surface area contributed by atoms with Crippen LogP contribution in [0.2, 0.25) is 0 Å². The number of rotatable bonds is 8. The second-order valence-corrected chi connectivity index (χ2v) is 10.9. The van der Waals surface area contributed by atoms with Crippen LogP contribution in [-0.2, 0) is 25.9 Å². The van der Waals surface area contributed by atoms with E-state index in [9.17, 15) is 8.42 Å².